The second kappa shape index (κ2) is 6.75. The van der Waals surface area contributed by atoms with Gasteiger partial charge in [-0.05, 0) is 29.8 Å². The molecular weight excluding hydrogens is 357 g/mol. The lowest BCUT2D eigenvalue weighted by Crippen LogP contribution is -2.48. The Morgan fingerprint density at radius 3 is 2.83 bits per heavy atom. The van der Waals surface area contributed by atoms with Crippen LogP contribution in [0.5, 0.6) is 0 Å². The number of sulfonamides is 1. The van der Waals surface area contributed by atoms with E-state index >= 15 is 0 Å². The molecule has 0 saturated carbocycles. The van der Waals surface area contributed by atoms with Crippen molar-refractivity contribution in [2.45, 2.75) is 10.9 Å². The molecule has 0 amide bonds. The van der Waals surface area contributed by atoms with Gasteiger partial charge in [0.05, 0.1) is 11.1 Å². The Kier molecular flexibility index (Phi) is 4.89. The quantitative estimate of drug-likeness (QED) is 0.900. The van der Waals surface area contributed by atoms with Gasteiger partial charge in [-0.2, -0.15) is 4.31 Å². The van der Waals surface area contributed by atoms with Crippen LogP contribution in [0.15, 0.2) is 47.6 Å². The van der Waals surface area contributed by atoms with E-state index in [1.54, 1.807) is 24.5 Å². The molecule has 1 N–H and O–H groups in total. The van der Waals surface area contributed by atoms with Crippen LogP contribution in [-0.4, -0.2) is 37.3 Å². The minimum absolute atomic E-state index is 0.0301. The smallest absolute Gasteiger partial charge is 0.245 e. The van der Waals surface area contributed by atoms with Crippen molar-refractivity contribution in [3.63, 3.8) is 0 Å². The predicted octanol–water partition coefficient (Wildman–Crippen LogP) is 2.72. The summed E-state index contributed by atoms with van der Waals surface area (Å²) in [7, 11) is -3.76. The van der Waals surface area contributed by atoms with Crippen molar-refractivity contribution < 1.29 is 8.42 Å². The number of hydrogen-bond donors (Lipinski definition) is 1. The number of benzene rings is 1. The molecule has 5 nitrogen and oxygen atoms in total. The normalized spacial score (nSPS) is 19.7. The van der Waals surface area contributed by atoms with Gasteiger partial charge in [0.1, 0.15) is 4.90 Å². The first kappa shape index (κ1) is 16.7. The Labute approximate surface area is 145 Å². The third-order valence-electron chi connectivity index (χ3n) is 3.74. The average molecular weight is 372 g/mol. The zero-order valence-electron chi connectivity index (χ0n) is 12.1. The van der Waals surface area contributed by atoms with Gasteiger partial charge in [-0.15, -0.1) is 0 Å². The lowest BCUT2D eigenvalue weighted by molar-refractivity contribution is 0.271. The molecule has 0 bridgehead atoms. The van der Waals surface area contributed by atoms with Crippen molar-refractivity contribution in [2.24, 2.45) is 0 Å². The van der Waals surface area contributed by atoms with Crippen LogP contribution in [0.4, 0.5) is 0 Å². The van der Waals surface area contributed by atoms with E-state index < -0.39 is 10.0 Å². The summed E-state index contributed by atoms with van der Waals surface area (Å²) >= 11 is 12.1. The Hall–Kier alpha value is -1.18. The Balaban J connectivity index is 2.04. The standard InChI is InChI=1S/C15H15Cl2N3O2S/c16-12-3-4-13(17)15(8-12)23(21,22)20-7-6-19-10-14(20)11-2-1-5-18-9-11/h1-5,8-9,14,19H,6-7,10H2. The van der Waals surface area contributed by atoms with Crippen LogP contribution in [0, 0.1) is 0 Å². The first-order valence-electron chi connectivity index (χ1n) is 7.07. The van der Waals surface area contributed by atoms with Crippen LogP contribution < -0.4 is 5.32 Å². The second-order valence-electron chi connectivity index (χ2n) is 5.20. The van der Waals surface area contributed by atoms with Crippen LogP contribution in [-0.2, 0) is 10.0 Å². The molecule has 1 unspecified atom stereocenters. The summed E-state index contributed by atoms with van der Waals surface area (Å²) in [6, 6.07) is 7.78. The van der Waals surface area contributed by atoms with Crippen molar-refractivity contribution in [2.75, 3.05) is 19.6 Å². The predicted molar refractivity (Wildman–Crippen MR) is 90.2 cm³/mol. The molecule has 3 rings (SSSR count). The van der Waals surface area contributed by atoms with Crippen molar-refractivity contribution in [1.29, 1.82) is 0 Å². The molecule has 1 fully saturated rings. The van der Waals surface area contributed by atoms with Gasteiger partial charge in [-0.1, -0.05) is 29.3 Å². The van der Waals surface area contributed by atoms with Gasteiger partial charge in [-0.3, -0.25) is 4.98 Å². The van der Waals surface area contributed by atoms with Crippen LogP contribution in [0.2, 0.25) is 10.0 Å². The van der Waals surface area contributed by atoms with E-state index in [1.807, 2.05) is 6.07 Å². The maximum atomic E-state index is 13.1. The molecule has 2 heterocycles. The number of hydrogen-bond acceptors (Lipinski definition) is 4. The molecule has 0 aliphatic carbocycles. The first-order chi connectivity index (χ1) is 11.0. The number of nitrogens with zero attached hydrogens (tertiary/aromatic N) is 2. The number of aromatic nitrogens is 1. The Bertz CT molecular complexity index is 800. The highest BCUT2D eigenvalue weighted by Gasteiger charge is 2.35. The highest BCUT2D eigenvalue weighted by molar-refractivity contribution is 7.89. The third kappa shape index (κ3) is 3.36. The van der Waals surface area contributed by atoms with Crippen LogP contribution in [0.1, 0.15) is 11.6 Å². The van der Waals surface area contributed by atoms with E-state index in [0.717, 1.165) is 5.56 Å². The first-order valence-corrected chi connectivity index (χ1v) is 9.27. The van der Waals surface area contributed by atoms with E-state index in [0.29, 0.717) is 24.7 Å². The van der Waals surface area contributed by atoms with Gasteiger partial charge >= 0.3 is 0 Å². The molecule has 1 atom stereocenters. The highest BCUT2D eigenvalue weighted by Crippen LogP contribution is 2.33. The monoisotopic (exact) mass is 371 g/mol. The van der Waals surface area contributed by atoms with E-state index in [9.17, 15) is 8.42 Å². The van der Waals surface area contributed by atoms with E-state index in [4.69, 9.17) is 23.2 Å². The summed E-state index contributed by atoms with van der Waals surface area (Å²) in [5.41, 5.74) is 0.835. The fraction of sp³-hybridized carbons (Fsp3) is 0.267. The summed E-state index contributed by atoms with van der Waals surface area (Å²) in [6.45, 7) is 1.45. The zero-order chi connectivity index (χ0) is 16.4. The molecule has 1 aromatic carbocycles. The van der Waals surface area contributed by atoms with E-state index in [-0.39, 0.29) is 16.0 Å². The van der Waals surface area contributed by atoms with Crippen molar-refractivity contribution in [3.05, 3.63) is 58.3 Å². The SMILES string of the molecule is O=S(=O)(c1cc(Cl)ccc1Cl)N1CCNCC1c1cccnc1. The second-order valence-corrected chi connectivity index (χ2v) is 7.90. The lowest BCUT2D eigenvalue weighted by atomic mass is 10.1. The maximum absolute atomic E-state index is 13.1. The number of halogens is 2. The minimum atomic E-state index is -3.76. The molecule has 23 heavy (non-hydrogen) atoms. The molecule has 1 aliphatic heterocycles. The van der Waals surface area contributed by atoms with Crippen molar-refractivity contribution in [1.82, 2.24) is 14.6 Å². The molecular formula is C15H15Cl2N3O2S. The molecule has 1 aliphatic rings. The summed E-state index contributed by atoms with van der Waals surface area (Å²) in [4.78, 5) is 4.11. The van der Waals surface area contributed by atoms with Gasteiger partial charge in [0.2, 0.25) is 10.0 Å². The molecule has 1 aromatic heterocycles. The van der Waals surface area contributed by atoms with Gasteiger partial charge in [0, 0.05) is 37.1 Å². The summed E-state index contributed by atoms with van der Waals surface area (Å²) < 4.78 is 27.6. The Morgan fingerprint density at radius 1 is 1.26 bits per heavy atom. The van der Waals surface area contributed by atoms with Crippen LogP contribution in [0.25, 0.3) is 0 Å². The summed E-state index contributed by atoms with van der Waals surface area (Å²) in [5.74, 6) is 0. The summed E-state index contributed by atoms with van der Waals surface area (Å²) in [6.07, 6.45) is 3.34. The lowest BCUT2D eigenvalue weighted by Gasteiger charge is -2.35. The van der Waals surface area contributed by atoms with Gasteiger partial charge in [0.15, 0.2) is 0 Å². The molecule has 0 spiro atoms. The fourth-order valence-electron chi connectivity index (χ4n) is 2.63. The van der Waals surface area contributed by atoms with Crippen molar-refractivity contribution in [3.8, 4) is 0 Å². The number of pyridine rings is 1. The summed E-state index contributed by atoms with van der Waals surface area (Å²) in [5, 5.41) is 3.72. The van der Waals surface area contributed by atoms with Crippen LogP contribution >= 0.6 is 23.2 Å². The number of piperazine rings is 1. The fourth-order valence-corrected chi connectivity index (χ4v) is 4.98. The number of rotatable bonds is 3. The number of nitrogens with one attached hydrogen (secondary N) is 1. The average Bonchev–Trinajstić information content (AvgIpc) is 2.58. The molecule has 122 valence electrons. The van der Waals surface area contributed by atoms with Crippen molar-refractivity contribution >= 4 is 33.2 Å². The molecule has 0 radical (unpaired) electrons. The van der Waals surface area contributed by atoms with Gasteiger partial charge < -0.3 is 5.32 Å². The van der Waals surface area contributed by atoms with Gasteiger partial charge in [-0.25, -0.2) is 8.42 Å². The minimum Gasteiger partial charge on any atom is -0.313 e. The van der Waals surface area contributed by atoms with Gasteiger partial charge in [0.25, 0.3) is 0 Å². The van der Waals surface area contributed by atoms with E-state index in [2.05, 4.69) is 10.3 Å². The topological polar surface area (TPSA) is 62.3 Å². The molecule has 1 saturated heterocycles. The zero-order valence-corrected chi connectivity index (χ0v) is 14.4. The Morgan fingerprint density at radius 2 is 2.09 bits per heavy atom. The highest BCUT2D eigenvalue weighted by atomic mass is 35.5. The largest absolute Gasteiger partial charge is 0.313 e. The molecule has 8 heteroatoms. The van der Waals surface area contributed by atoms with E-state index in [1.165, 1.54) is 16.4 Å². The third-order valence-corrected chi connectivity index (χ3v) is 6.37. The maximum Gasteiger partial charge on any atom is 0.245 e. The molecule has 2 aromatic rings. The van der Waals surface area contributed by atoms with Crippen LogP contribution in [0.3, 0.4) is 0 Å².